The first-order valence-corrected chi connectivity index (χ1v) is 3.54. The standard InChI is InChI=1S/C7H12N2O2/c1-7(2)4-5(9-11)3-6(10)8-7/h11H,3-4H2,1-2H3,(H,8,10)/b9-5+. The van der Waals surface area contributed by atoms with Crippen molar-refractivity contribution in [2.45, 2.75) is 32.2 Å². The number of hydrogen-bond acceptors (Lipinski definition) is 3. The first-order chi connectivity index (χ1) is 5.03. The highest BCUT2D eigenvalue weighted by Gasteiger charge is 2.29. The van der Waals surface area contributed by atoms with E-state index in [4.69, 9.17) is 5.21 Å². The summed E-state index contributed by atoms with van der Waals surface area (Å²) in [7, 11) is 0. The summed E-state index contributed by atoms with van der Waals surface area (Å²) in [5.74, 6) is -0.0750. The Morgan fingerprint density at radius 2 is 2.27 bits per heavy atom. The molecule has 0 aromatic heterocycles. The molecule has 0 radical (unpaired) electrons. The summed E-state index contributed by atoms with van der Waals surface area (Å²) in [6, 6.07) is 0. The summed E-state index contributed by atoms with van der Waals surface area (Å²) in [6.07, 6.45) is 0.842. The van der Waals surface area contributed by atoms with Gasteiger partial charge in [0.1, 0.15) is 0 Å². The predicted octanol–water partition coefficient (Wildman–Crippen LogP) is 0.505. The van der Waals surface area contributed by atoms with Gasteiger partial charge in [-0.2, -0.15) is 0 Å². The van der Waals surface area contributed by atoms with E-state index < -0.39 is 0 Å². The smallest absolute Gasteiger partial charge is 0.226 e. The molecule has 0 aromatic carbocycles. The maximum absolute atomic E-state index is 10.9. The van der Waals surface area contributed by atoms with E-state index in [0.717, 1.165) is 0 Å². The summed E-state index contributed by atoms with van der Waals surface area (Å²) < 4.78 is 0. The number of nitrogens with zero attached hydrogens (tertiary/aromatic N) is 1. The molecule has 11 heavy (non-hydrogen) atoms. The highest BCUT2D eigenvalue weighted by atomic mass is 16.4. The van der Waals surface area contributed by atoms with Gasteiger partial charge in [-0.15, -0.1) is 0 Å². The van der Waals surface area contributed by atoms with E-state index in [9.17, 15) is 4.79 Å². The van der Waals surface area contributed by atoms with E-state index in [-0.39, 0.29) is 17.9 Å². The van der Waals surface area contributed by atoms with E-state index >= 15 is 0 Å². The Morgan fingerprint density at radius 3 is 2.73 bits per heavy atom. The minimum atomic E-state index is -0.267. The molecular formula is C7H12N2O2. The molecule has 4 nitrogen and oxygen atoms in total. The van der Waals surface area contributed by atoms with E-state index in [1.165, 1.54) is 0 Å². The van der Waals surface area contributed by atoms with Crippen LogP contribution in [0, 0.1) is 0 Å². The molecule has 4 heteroatoms. The molecule has 2 N–H and O–H groups in total. The summed E-state index contributed by atoms with van der Waals surface area (Å²) in [5.41, 5.74) is 0.287. The molecule has 1 amide bonds. The number of amides is 1. The number of carbonyl (C=O) groups excluding carboxylic acids is 1. The lowest BCUT2D eigenvalue weighted by atomic mass is 9.91. The first-order valence-electron chi connectivity index (χ1n) is 3.54. The van der Waals surface area contributed by atoms with Crippen LogP contribution in [0.3, 0.4) is 0 Å². The minimum absolute atomic E-state index is 0.0750. The first kappa shape index (κ1) is 8.04. The molecule has 0 aliphatic carbocycles. The monoisotopic (exact) mass is 156 g/mol. The Morgan fingerprint density at radius 1 is 1.64 bits per heavy atom. The second-order valence-electron chi connectivity index (χ2n) is 3.45. The normalized spacial score (nSPS) is 26.7. The topological polar surface area (TPSA) is 61.7 Å². The van der Waals surface area contributed by atoms with Crippen LogP contribution in [0.15, 0.2) is 5.16 Å². The van der Waals surface area contributed by atoms with Gasteiger partial charge in [0.15, 0.2) is 0 Å². The van der Waals surface area contributed by atoms with Crippen molar-refractivity contribution in [2.24, 2.45) is 5.16 Å². The lowest BCUT2D eigenvalue weighted by molar-refractivity contribution is -0.122. The van der Waals surface area contributed by atoms with Gasteiger partial charge in [0.2, 0.25) is 5.91 Å². The Hall–Kier alpha value is -1.06. The maximum atomic E-state index is 10.9. The molecule has 0 spiro atoms. The van der Waals surface area contributed by atoms with Crippen LogP contribution in [0.25, 0.3) is 0 Å². The number of nitrogens with one attached hydrogen (secondary N) is 1. The van der Waals surface area contributed by atoms with Crippen LogP contribution in [0.4, 0.5) is 0 Å². The van der Waals surface area contributed by atoms with Crippen LogP contribution in [0.5, 0.6) is 0 Å². The molecule has 1 rings (SSSR count). The van der Waals surface area contributed by atoms with Crippen LogP contribution < -0.4 is 5.32 Å². The lowest BCUT2D eigenvalue weighted by Gasteiger charge is -2.30. The van der Waals surface area contributed by atoms with Crippen molar-refractivity contribution in [3.63, 3.8) is 0 Å². The van der Waals surface area contributed by atoms with Crippen molar-refractivity contribution in [3.8, 4) is 0 Å². The van der Waals surface area contributed by atoms with Crippen molar-refractivity contribution in [1.82, 2.24) is 5.32 Å². The third kappa shape index (κ3) is 1.93. The van der Waals surface area contributed by atoms with Crippen molar-refractivity contribution in [3.05, 3.63) is 0 Å². The fraction of sp³-hybridized carbons (Fsp3) is 0.714. The molecule has 1 aliphatic heterocycles. The molecule has 1 fully saturated rings. The fourth-order valence-corrected chi connectivity index (χ4v) is 1.29. The number of carbonyl (C=O) groups is 1. The molecule has 62 valence electrons. The number of rotatable bonds is 0. The molecule has 0 atom stereocenters. The average molecular weight is 156 g/mol. The van der Waals surface area contributed by atoms with E-state index in [1.807, 2.05) is 13.8 Å². The summed E-state index contributed by atoms with van der Waals surface area (Å²) in [6.45, 7) is 3.80. The zero-order chi connectivity index (χ0) is 8.48. The van der Waals surface area contributed by atoms with Gasteiger partial charge in [-0.25, -0.2) is 0 Å². The van der Waals surface area contributed by atoms with Crippen LogP contribution in [0.1, 0.15) is 26.7 Å². The Balaban J connectivity index is 2.74. The van der Waals surface area contributed by atoms with Crippen molar-refractivity contribution in [2.75, 3.05) is 0 Å². The third-order valence-corrected chi connectivity index (χ3v) is 1.63. The molecule has 1 saturated heterocycles. The number of piperidine rings is 1. The quantitative estimate of drug-likeness (QED) is 0.396. The average Bonchev–Trinajstić information content (AvgIpc) is 1.83. The van der Waals surface area contributed by atoms with Gasteiger partial charge in [0.25, 0.3) is 0 Å². The van der Waals surface area contributed by atoms with Crippen LogP contribution >= 0.6 is 0 Å². The summed E-state index contributed by atoms with van der Waals surface area (Å²) in [5, 5.41) is 14.3. The van der Waals surface area contributed by atoms with E-state index in [1.54, 1.807) is 0 Å². The SMILES string of the molecule is CC1(C)C/C(=N/O)CC(=O)N1. The van der Waals surface area contributed by atoms with Gasteiger partial charge >= 0.3 is 0 Å². The van der Waals surface area contributed by atoms with Gasteiger partial charge in [-0.1, -0.05) is 5.16 Å². The zero-order valence-corrected chi connectivity index (χ0v) is 6.72. The van der Waals surface area contributed by atoms with E-state index in [2.05, 4.69) is 10.5 Å². The van der Waals surface area contributed by atoms with Crippen LogP contribution in [-0.4, -0.2) is 22.4 Å². The van der Waals surface area contributed by atoms with Gasteiger partial charge in [-0.3, -0.25) is 4.79 Å². The zero-order valence-electron chi connectivity index (χ0n) is 6.72. The summed E-state index contributed by atoms with van der Waals surface area (Å²) >= 11 is 0. The fourth-order valence-electron chi connectivity index (χ4n) is 1.29. The molecule has 1 aliphatic rings. The van der Waals surface area contributed by atoms with Crippen molar-refractivity contribution >= 4 is 11.6 Å². The van der Waals surface area contributed by atoms with Gasteiger partial charge in [0, 0.05) is 12.0 Å². The minimum Gasteiger partial charge on any atom is -0.411 e. The second kappa shape index (κ2) is 2.53. The van der Waals surface area contributed by atoms with E-state index in [0.29, 0.717) is 12.1 Å². The molecule has 0 aromatic rings. The number of hydrogen-bond donors (Lipinski definition) is 2. The molecule has 0 saturated carbocycles. The van der Waals surface area contributed by atoms with Gasteiger partial charge in [0.05, 0.1) is 12.1 Å². The third-order valence-electron chi connectivity index (χ3n) is 1.63. The molecule has 1 heterocycles. The largest absolute Gasteiger partial charge is 0.411 e. The van der Waals surface area contributed by atoms with Crippen LogP contribution in [0.2, 0.25) is 0 Å². The predicted molar refractivity (Wildman–Crippen MR) is 40.7 cm³/mol. The second-order valence-corrected chi connectivity index (χ2v) is 3.45. The van der Waals surface area contributed by atoms with Gasteiger partial charge < -0.3 is 10.5 Å². The Bertz CT molecular complexity index is 208. The molecular weight excluding hydrogens is 144 g/mol. The van der Waals surface area contributed by atoms with Crippen molar-refractivity contribution < 1.29 is 10.0 Å². The highest BCUT2D eigenvalue weighted by molar-refractivity contribution is 6.03. The van der Waals surface area contributed by atoms with Gasteiger partial charge in [-0.05, 0) is 13.8 Å². The maximum Gasteiger partial charge on any atom is 0.226 e. The molecule has 0 unspecified atom stereocenters. The van der Waals surface area contributed by atoms with Crippen LogP contribution in [-0.2, 0) is 4.79 Å². The molecule has 0 bridgehead atoms. The summed E-state index contributed by atoms with van der Waals surface area (Å²) in [4.78, 5) is 10.9. The number of oxime groups is 1. The Labute approximate surface area is 65.3 Å². The lowest BCUT2D eigenvalue weighted by Crippen LogP contribution is -2.50. The van der Waals surface area contributed by atoms with Crippen molar-refractivity contribution in [1.29, 1.82) is 0 Å². The highest BCUT2D eigenvalue weighted by Crippen LogP contribution is 2.16. The Kier molecular flexibility index (Phi) is 1.85.